The highest BCUT2D eigenvalue weighted by Gasteiger charge is 2.59. The van der Waals surface area contributed by atoms with Gasteiger partial charge in [-0.1, -0.05) is 31.6 Å². The van der Waals surface area contributed by atoms with Crippen LogP contribution in [0.15, 0.2) is 35.6 Å². The number of carbonyl (C=O) groups excluding carboxylic acids is 1. The van der Waals surface area contributed by atoms with Gasteiger partial charge in [-0.3, -0.25) is 4.79 Å². The van der Waals surface area contributed by atoms with Gasteiger partial charge in [-0.25, -0.2) is 0 Å². The molecule has 0 spiro atoms. The Hall–Kier alpha value is -1.55. The number of hydrogen-bond acceptors (Lipinski definition) is 4. The van der Waals surface area contributed by atoms with Crippen molar-refractivity contribution in [1.29, 1.82) is 0 Å². The van der Waals surface area contributed by atoms with E-state index >= 15 is 0 Å². The highest BCUT2D eigenvalue weighted by Crippen LogP contribution is 2.64. The molecule has 25 heavy (non-hydrogen) atoms. The lowest BCUT2D eigenvalue weighted by Gasteiger charge is -2.57. The summed E-state index contributed by atoms with van der Waals surface area (Å²) in [7, 11) is 0. The zero-order valence-corrected chi connectivity index (χ0v) is 15.2. The number of rotatable bonds is 1. The van der Waals surface area contributed by atoms with Crippen molar-refractivity contribution in [3.05, 3.63) is 35.6 Å². The molecule has 0 aromatic heterocycles. The maximum Gasteiger partial charge on any atom is 0.303 e. The van der Waals surface area contributed by atoms with Crippen LogP contribution in [0.25, 0.3) is 0 Å². The van der Waals surface area contributed by atoms with Crippen molar-refractivity contribution in [1.82, 2.24) is 0 Å². The molecule has 0 unspecified atom stereocenters. The van der Waals surface area contributed by atoms with E-state index in [4.69, 9.17) is 4.74 Å². The van der Waals surface area contributed by atoms with Gasteiger partial charge in [-0.2, -0.15) is 0 Å². The second kappa shape index (κ2) is 5.47. The quantitative estimate of drug-likeness (QED) is 0.562. The van der Waals surface area contributed by atoms with Crippen LogP contribution in [-0.2, 0) is 9.53 Å². The van der Waals surface area contributed by atoms with Crippen molar-refractivity contribution in [2.75, 3.05) is 0 Å². The van der Waals surface area contributed by atoms with E-state index in [0.717, 1.165) is 19.3 Å². The molecular formula is C21H28O4. The zero-order valence-electron chi connectivity index (χ0n) is 15.2. The maximum atomic E-state index is 11.7. The van der Waals surface area contributed by atoms with Gasteiger partial charge in [0, 0.05) is 23.7 Å². The molecule has 4 heteroatoms. The maximum absolute atomic E-state index is 11.7. The van der Waals surface area contributed by atoms with Gasteiger partial charge in [-0.05, 0) is 49.7 Å². The van der Waals surface area contributed by atoms with E-state index in [9.17, 15) is 15.0 Å². The lowest BCUT2D eigenvalue weighted by molar-refractivity contribution is -0.154. The third kappa shape index (κ3) is 2.33. The highest BCUT2D eigenvalue weighted by atomic mass is 16.5. The largest absolute Gasteiger partial charge is 0.512 e. The smallest absolute Gasteiger partial charge is 0.303 e. The molecule has 0 aromatic carbocycles. The Morgan fingerprint density at radius 2 is 2.08 bits per heavy atom. The molecule has 1 saturated carbocycles. The predicted octanol–water partition coefficient (Wildman–Crippen LogP) is 3.68. The van der Waals surface area contributed by atoms with Crippen molar-refractivity contribution in [3.8, 4) is 0 Å². The first-order valence-electron chi connectivity index (χ1n) is 9.41. The minimum absolute atomic E-state index is 0.0971. The summed E-state index contributed by atoms with van der Waals surface area (Å²) in [6.45, 7) is 5.87. The molecule has 136 valence electrons. The Kier molecular flexibility index (Phi) is 3.70. The number of carbonyl (C=O) groups is 1. The Labute approximate surface area is 149 Å². The average Bonchev–Trinajstić information content (AvgIpc) is 2.84. The first-order chi connectivity index (χ1) is 11.8. The molecule has 4 aliphatic rings. The summed E-state index contributed by atoms with van der Waals surface area (Å²) in [5, 5.41) is 20.5. The van der Waals surface area contributed by atoms with Crippen molar-refractivity contribution >= 4 is 5.97 Å². The van der Waals surface area contributed by atoms with E-state index in [2.05, 4.69) is 26.0 Å². The number of aliphatic hydroxyl groups excluding tert-OH is 2. The standard InChI is InChI=1S/C21H28O4/c1-12(22)25-17-11-13-10-14(23)6-8-20(13,2)16-7-9-21(3)15(19(16)17)4-5-18(21)24/h5-6,8,11,14-17,19,23-24H,4,7,9-10H2,1-3H3/t14-,15-,16-,17-,19-,20-,21-/m0/s1. The summed E-state index contributed by atoms with van der Waals surface area (Å²) in [5.41, 5.74) is 0.882. The van der Waals surface area contributed by atoms with E-state index in [0.29, 0.717) is 18.1 Å². The topological polar surface area (TPSA) is 66.8 Å². The number of aliphatic hydroxyl groups is 2. The number of ether oxygens (including phenoxy) is 1. The van der Waals surface area contributed by atoms with Crippen molar-refractivity contribution in [2.24, 2.45) is 28.6 Å². The van der Waals surface area contributed by atoms with E-state index in [1.165, 1.54) is 12.5 Å². The van der Waals surface area contributed by atoms with Crippen LogP contribution in [0.3, 0.4) is 0 Å². The van der Waals surface area contributed by atoms with Gasteiger partial charge in [0.05, 0.1) is 11.9 Å². The molecular weight excluding hydrogens is 316 g/mol. The SMILES string of the molecule is CC(=O)O[C@H]1C=C2C[C@@H](O)C=C[C@]2(C)[C@H]2CC[C@]3(C)C(O)=CC[C@H]3[C@H]12. The van der Waals surface area contributed by atoms with Gasteiger partial charge in [0.25, 0.3) is 0 Å². The van der Waals surface area contributed by atoms with Gasteiger partial charge in [0.15, 0.2) is 0 Å². The molecule has 7 atom stereocenters. The molecule has 0 amide bonds. The molecule has 4 aliphatic carbocycles. The molecule has 0 aliphatic heterocycles. The zero-order chi connectivity index (χ0) is 18.0. The van der Waals surface area contributed by atoms with Crippen LogP contribution in [0, 0.1) is 28.6 Å². The van der Waals surface area contributed by atoms with Crippen LogP contribution < -0.4 is 0 Å². The summed E-state index contributed by atoms with van der Waals surface area (Å²) in [6, 6.07) is 0. The highest BCUT2D eigenvalue weighted by molar-refractivity contribution is 5.66. The normalized spacial score (nSPS) is 47.9. The molecule has 0 bridgehead atoms. The monoisotopic (exact) mass is 344 g/mol. The Balaban J connectivity index is 1.79. The van der Waals surface area contributed by atoms with Crippen molar-refractivity contribution in [2.45, 2.75) is 58.7 Å². The van der Waals surface area contributed by atoms with E-state index in [1.54, 1.807) is 0 Å². The van der Waals surface area contributed by atoms with Crippen LogP contribution in [-0.4, -0.2) is 28.4 Å². The molecule has 0 aromatic rings. The number of hydrogen-bond donors (Lipinski definition) is 2. The Morgan fingerprint density at radius 3 is 2.80 bits per heavy atom. The van der Waals surface area contributed by atoms with Gasteiger partial charge in [-0.15, -0.1) is 0 Å². The van der Waals surface area contributed by atoms with Gasteiger partial charge in [0.2, 0.25) is 0 Å². The Morgan fingerprint density at radius 1 is 1.32 bits per heavy atom. The minimum atomic E-state index is -0.458. The van der Waals surface area contributed by atoms with Crippen LogP contribution in [0.1, 0.15) is 46.5 Å². The van der Waals surface area contributed by atoms with E-state index in [-0.39, 0.29) is 34.7 Å². The molecule has 0 heterocycles. The van der Waals surface area contributed by atoms with Crippen LogP contribution in [0.4, 0.5) is 0 Å². The van der Waals surface area contributed by atoms with Crippen molar-refractivity contribution in [3.63, 3.8) is 0 Å². The second-order valence-corrected chi connectivity index (χ2v) is 8.75. The fraction of sp³-hybridized carbons (Fsp3) is 0.667. The molecule has 1 fully saturated rings. The average molecular weight is 344 g/mol. The number of allylic oxidation sites excluding steroid dienone is 3. The van der Waals surface area contributed by atoms with Gasteiger partial charge in [0.1, 0.15) is 6.10 Å². The fourth-order valence-corrected chi connectivity index (χ4v) is 6.06. The summed E-state index contributed by atoms with van der Waals surface area (Å²) >= 11 is 0. The summed E-state index contributed by atoms with van der Waals surface area (Å²) < 4.78 is 5.75. The minimum Gasteiger partial charge on any atom is -0.512 e. The third-order valence-corrected chi connectivity index (χ3v) is 7.48. The van der Waals surface area contributed by atoms with E-state index < -0.39 is 6.10 Å². The van der Waals surface area contributed by atoms with Gasteiger partial charge < -0.3 is 14.9 Å². The molecule has 4 nitrogen and oxygen atoms in total. The van der Waals surface area contributed by atoms with Crippen molar-refractivity contribution < 1.29 is 19.7 Å². The summed E-state index contributed by atoms with van der Waals surface area (Å²) in [6.07, 6.45) is 10.8. The third-order valence-electron chi connectivity index (χ3n) is 7.48. The lowest BCUT2D eigenvalue weighted by atomic mass is 9.48. The second-order valence-electron chi connectivity index (χ2n) is 8.75. The molecule has 0 saturated heterocycles. The van der Waals surface area contributed by atoms with Crippen LogP contribution in [0.2, 0.25) is 0 Å². The molecule has 4 rings (SSSR count). The fourth-order valence-electron chi connectivity index (χ4n) is 6.06. The first kappa shape index (κ1) is 16.9. The van der Waals surface area contributed by atoms with Crippen LogP contribution >= 0.6 is 0 Å². The number of esters is 1. The lowest BCUT2D eigenvalue weighted by Crippen LogP contribution is -2.54. The molecule has 0 radical (unpaired) electrons. The first-order valence-corrected chi connectivity index (χ1v) is 9.41. The van der Waals surface area contributed by atoms with Crippen LogP contribution in [0.5, 0.6) is 0 Å². The number of fused-ring (bicyclic) bond motifs is 5. The summed E-state index contributed by atoms with van der Waals surface area (Å²) in [4.78, 5) is 11.7. The Bertz CT molecular complexity index is 690. The molecule has 2 N–H and O–H groups in total. The van der Waals surface area contributed by atoms with Gasteiger partial charge >= 0.3 is 5.97 Å². The van der Waals surface area contributed by atoms with E-state index in [1.807, 2.05) is 12.2 Å². The predicted molar refractivity (Wildman–Crippen MR) is 94.6 cm³/mol. The summed E-state index contributed by atoms with van der Waals surface area (Å²) in [5.74, 6) is 1.08.